The smallest absolute Gasteiger partial charge is 0.200 e. The van der Waals surface area contributed by atoms with Gasteiger partial charge in [-0.2, -0.15) is 4.98 Å². The number of oxazole rings is 1. The predicted octanol–water partition coefficient (Wildman–Crippen LogP) is 0.805. The Morgan fingerprint density at radius 1 is 1.40 bits per heavy atom. The second kappa shape index (κ2) is 1.70. The van der Waals surface area contributed by atoms with Crippen molar-refractivity contribution < 1.29 is 4.42 Å². The van der Waals surface area contributed by atoms with E-state index >= 15 is 0 Å². The van der Waals surface area contributed by atoms with Gasteiger partial charge in [0.05, 0.1) is 5.69 Å². The van der Waals surface area contributed by atoms with Crippen molar-refractivity contribution in [2.45, 2.75) is 0 Å². The number of hydrogen-bond acceptors (Lipinski definition) is 4. The van der Waals surface area contributed by atoms with Crippen molar-refractivity contribution in [3.05, 3.63) is 18.7 Å². The molecule has 0 saturated heterocycles. The highest BCUT2D eigenvalue weighted by molar-refractivity contribution is 5.80. The summed E-state index contributed by atoms with van der Waals surface area (Å²) in [6.07, 6.45) is 2.92. The zero-order valence-electron chi connectivity index (χ0n) is 5.11. The van der Waals surface area contributed by atoms with Crippen molar-refractivity contribution in [1.29, 1.82) is 0 Å². The molecule has 2 rings (SSSR count). The molecule has 2 aromatic rings. The fraction of sp³-hybridized carbons (Fsp3) is 0. The quantitative estimate of drug-likeness (QED) is 0.580. The van der Waals surface area contributed by atoms with Crippen LogP contribution in [0, 0.1) is 0 Å². The highest BCUT2D eigenvalue weighted by Gasteiger charge is 2.00. The molecule has 0 aliphatic rings. The van der Waals surface area contributed by atoms with Crippen molar-refractivity contribution >= 4 is 16.9 Å². The minimum absolute atomic E-state index is 0.556. The van der Waals surface area contributed by atoms with Crippen LogP contribution in [0.4, 0.5) is 5.69 Å². The summed E-state index contributed by atoms with van der Waals surface area (Å²) >= 11 is 0. The third kappa shape index (κ3) is 0.556. The van der Waals surface area contributed by atoms with Gasteiger partial charge in [-0.25, -0.2) is 4.98 Å². The standard InChI is InChI=1S/C6H5N3O/c7-4-1-2-8-6-5(4)10-3-9-6/h1-3H,(H2,7,8). The minimum Gasteiger partial charge on any atom is -0.440 e. The molecule has 2 N–H and O–H groups in total. The number of nitrogens with two attached hydrogens (primary N) is 1. The van der Waals surface area contributed by atoms with E-state index in [4.69, 9.17) is 10.2 Å². The molecular weight excluding hydrogens is 130 g/mol. The van der Waals surface area contributed by atoms with Gasteiger partial charge in [0.25, 0.3) is 0 Å². The maximum atomic E-state index is 5.53. The van der Waals surface area contributed by atoms with Crippen LogP contribution in [-0.2, 0) is 0 Å². The Hall–Kier alpha value is -1.58. The van der Waals surface area contributed by atoms with E-state index in [0.29, 0.717) is 16.9 Å². The lowest BCUT2D eigenvalue weighted by Gasteiger charge is -1.88. The molecule has 2 heterocycles. The van der Waals surface area contributed by atoms with Gasteiger partial charge in [-0.15, -0.1) is 0 Å². The van der Waals surface area contributed by atoms with E-state index in [1.54, 1.807) is 12.3 Å². The lowest BCUT2D eigenvalue weighted by atomic mass is 10.4. The highest BCUT2D eigenvalue weighted by Crippen LogP contribution is 2.15. The van der Waals surface area contributed by atoms with E-state index in [0.717, 1.165) is 0 Å². The lowest BCUT2D eigenvalue weighted by Crippen LogP contribution is -1.85. The Balaban J connectivity index is 2.95. The molecule has 2 aromatic heterocycles. The minimum atomic E-state index is 0.556. The molecule has 0 aromatic carbocycles. The van der Waals surface area contributed by atoms with Gasteiger partial charge in [0.15, 0.2) is 12.0 Å². The SMILES string of the molecule is Nc1ccnc2ncoc12. The van der Waals surface area contributed by atoms with Crippen LogP contribution in [0.3, 0.4) is 0 Å². The van der Waals surface area contributed by atoms with Crippen molar-refractivity contribution in [3.8, 4) is 0 Å². The molecule has 0 radical (unpaired) electrons. The van der Waals surface area contributed by atoms with E-state index in [9.17, 15) is 0 Å². The van der Waals surface area contributed by atoms with Crippen LogP contribution in [0.25, 0.3) is 11.2 Å². The monoisotopic (exact) mass is 135 g/mol. The summed E-state index contributed by atoms with van der Waals surface area (Å²) in [7, 11) is 0. The van der Waals surface area contributed by atoms with Crippen molar-refractivity contribution in [1.82, 2.24) is 9.97 Å². The second-order valence-electron chi connectivity index (χ2n) is 1.91. The van der Waals surface area contributed by atoms with E-state index in [-0.39, 0.29) is 0 Å². The Morgan fingerprint density at radius 2 is 2.30 bits per heavy atom. The Labute approximate surface area is 56.7 Å². The molecule has 10 heavy (non-hydrogen) atoms. The normalized spacial score (nSPS) is 10.4. The summed E-state index contributed by atoms with van der Waals surface area (Å²) in [6, 6.07) is 1.67. The van der Waals surface area contributed by atoms with Gasteiger partial charge < -0.3 is 10.2 Å². The fourth-order valence-corrected chi connectivity index (χ4v) is 0.793. The van der Waals surface area contributed by atoms with E-state index < -0.39 is 0 Å². The highest BCUT2D eigenvalue weighted by atomic mass is 16.3. The molecule has 0 saturated carbocycles. The molecular formula is C6H5N3O. The van der Waals surface area contributed by atoms with Gasteiger partial charge in [-0.1, -0.05) is 0 Å². The summed E-state index contributed by atoms with van der Waals surface area (Å²) in [5, 5.41) is 0. The second-order valence-corrected chi connectivity index (χ2v) is 1.91. The first kappa shape index (κ1) is 5.22. The van der Waals surface area contributed by atoms with Crippen molar-refractivity contribution in [3.63, 3.8) is 0 Å². The molecule has 0 aliphatic heterocycles. The lowest BCUT2D eigenvalue weighted by molar-refractivity contribution is 0.603. The molecule has 4 heteroatoms. The third-order valence-corrected chi connectivity index (χ3v) is 1.26. The molecule has 50 valence electrons. The summed E-state index contributed by atoms with van der Waals surface area (Å²) in [5.41, 5.74) is 7.21. The van der Waals surface area contributed by atoms with Crippen LogP contribution in [0.5, 0.6) is 0 Å². The topological polar surface area (TPSA) is 64.9 Å². The van der Waals surface area contributed by atoms with Crippen LogP contribution in [0.15, 0.2) is 23.1 Å². The van der Waals surface area contributed by atoms with Crippen LogP contribution in [0.1, 0.15) is 0 Å². The van der Waals surface area contributed by atoms with Crippen LogP contribution >= 0.6 is 0 Å². The van der Waals surface area contributed by atoms with E-state index in [1.807, 2.05) is 0 Å². The molecule has 4 nitrogen and oxygen atoms in total. The molecule has 0 amide bonds. The Kier molecular flexibility index (Phi) is 0.887. The van der Waals surface area contributed by atoms with Gasteiger partial charge in [-0.05, 0) is 6.07 Å². The first-order chi connectivity index (χ1) is 4.88. The summed E-state index contributed by atoms with van der Waals surface area (Å²) < 4.78 is 4.95. The molecule has 0 bridgehead atoms. The number of nitrogens with zero attached hydrogens (tertiary/aromatic N) is 2. The first-order valence-electron chi connectivity index (χ1n) is 2.81. The summed E-state index contributed by atoms with van der Waals surface area (Å²) in [6.45, 7) is 0. The van der Waals surface area contributed by atoms with Crippen LogP contribution in [-0.4, -0.2) is 9.97 Å². The first-order valence-corrected chi connectivity index (χ1v) is 2.81. The fourth-order valence-electron chi connectivity index (χ4n) is 0.793. The van der Waals surface area contributed by atoms with E-state index in [2.05, 4.69) is 9.97 Å². The zero-order valence-corrected chi connectivity index (χ0v) is 5.11. The van der Waals surface area contributed by atoms with Crippen molar-refractivity contribution in [2.24, 2.45) is 0 Å². The number of fused-ring (bicyclic) bond motifs is 1. The number of rotatable bonds is 0. The number of aromatic nitrogens is 2. The van der Waals surface area contributed by atoms with Gasteiger partial charge in [0.2, 0.25) is 5.65 Å². The maximum Gasteiger partial charge on any atom is 0.200 e. The Morgan fingerprint density at radius 3 is 3.10 bits per heavy atom. The van der Waals surface area contributed by atoms with Gasteiger partial charge in [-0.3, -0.25) is 0 Å². The van der Waals surface area contributed by atoms with Crippen LogP contribution in [0.2, 0.25) is 0 Å². The largest absolute Gasteiger partial charge is 0.440 e. The number of anilines is 1. The number of pyridine rings is 1. The summed E-state index contributed by atoms with van der Waals surface area (Å²) in [4.78, 5) is 7.74. The van der Waals surface area contributed by atoms with Crippen molar-refractivity contribution in [2.75, 3.05) is 5.73 Å². The van der Waals surface area contributed by atoms with Crippen LogP contribution < -0.4 is 5.73 Å². The molecule has 0 atom stereocenters. The van der Waals surface area contributed by atoms with Gasteiger partial charge >= 0.3 is 0 Å². The zero-order chi connectivity index (χ0) is 6.97. The van der Waals surface area contributed by atoms with Gasteiger partial charge in [0, 0.05) is 6.20 Å². The van der Waals surface area contributed by atoms with Gasteiger partial charge in [0.1, 0.15) is 0 Å². The average molecular weight is 135 g/mol. The maximum absolute atomic E-state index is 5.53. The Bertz CT molecular complexity index is 355. The molecule has 0 fully saturated rings. The average Bonchev–Trinajstić information content (AvgIpc) is 2.36. The summed E-state index contributed by atoms with van der Waals surface area (Å²) in [5.74, 6) is 0. The third-order valence-electron chi connectivity index (χ3n) is 1.26. The number of nitrogen functional groups attached to an aromatic ring is 1. The molecule has 0 aliphatic carbocycles. The van der Waals surface area contributed by atoms with E-state index in [1.165, 1.54) is 6.39 Å². The molecule has 0 unspecified atom stereocenters. The predicted molar refractivity (Wildman–Crippen MR) is 36.2 cm³/mol. The number of hydrogen-bond donors (Lipinski definition) is 1. The molecule has 0 spiro atoms.